The van der Waals surface area contributed by atoms with Gasteiger partial charge in [0, 0.05) is 17.4 Å². The number of aryl methyl sites for hydroxylation is 1. The van der Waals surface area contributed by atoms with Crippen molar-refractivity contribution in [1.82, 2.24) is 0 Å². The van der Waals surface area contributed by atoms with Gasteiger partial charge in [0.2, 0.25) is 5.91 Å². The standard InChI is InChI=1S/C10H10BrNO/c1-7-2-3-9(8(11)6-7)12-5-4-10(12)13/h2-3,6H,4-5H2,1H3. The molecule has 1 fully saturated rings. The van der Waals surface area contributed by atoms with Crippen LogP contribution in [0.1, 0.15) is 12.0 Å². The summed E-state index contributed by atoms with van der Waals surface area (Å²) in [6, 6.07) is 6.03. The van der Waals surface area contributed by atoms with Crippen LogP contribution in [0.15, 0.2) is 22.7 Å². The molecule has 0 bridgehead atoms. The van der Waals surface area contributed by atoms with E-state index in [4.69, 9.17) is 0 Å². The molecule has 1 aliphatic heterocycles. The van der Waals surface area contributed by atoms with Gasteiger partial charge in [-0.2, -0.15) is 0 Å². The molecule has 1 heterocycles. The molecule has 0 radical (unpaired) electrons. The summed E-state index contributed by atoms with van der Waals surface area (Å²) in [6.45, 7) is 2.88. The summed E-state index contributed by atoms with van der Waals surface area (Å²) in [6.07, 6.45) is 0.681. The Bertz CT molecular complexity index is 362. The van der Waals surface area contributed by atoms with E-state index in [9.17, 15) is 4.79 Å². The third kappa shape index (κ3) is 1.48. The predicted molar refractivity (Wildman–Crippen MR) is 55.8 cm³/mol. The van der Waals surface area contributed by atoms with E-state index in [0.29, 0.717) is 6.42 Å². The first-order chi connectivity index (χ1) is 6.18. The minimum atomic E-state index is 0.213. The molecule has 2 nitrogen and oxygen atoms in total. The van der Waals surface area contributed by atoms with Crippen molar-refractivity contribution in [1.29, 1.82) is 0 Å². The molecule has 0 aromatic heterocycles. The Kier molecular flexibility index (Phi) is 2.12. The molecule has 1 saturated heterocycles. The van der Waals surface area contributed by atoms with Gasteiger partial charge in [0.25, 0.3) is 0 Å². The molecule has 0 spiro atoms. The summed E-state index contributed by atoms with van der Waals surface area (Å²) in [5.41, 5.74) is 2.19. The number of carbonyl (C=O) groups excluding carboxylic acids is 1. The van der Waals surface area contributed by atoms with E-state index in [2.05, 4.69) is 15.9 Å². The summed E-state index contributed by atoms with van der Waals surface area (Å²) in [7, 11) is 0. The van der Waals surface area contributed by atoms with Gasteiger partial charge < -0.3 is 4.90 Å². The second kappa shape index (κ2) is 3.14. The van der Waals surface area contributed by atoms with Crippen LogP contribution in [-0.2, 0) is 4.79 Å². The van der Waals surface area contributed by atoms with E-state index in [-0.39, 0.29) is 5.91 Å². The molecular formula is C10H10BrNO. The lowest BCUT2D eigenvalue weighted by Gasteiger charge is -2.31. The maximum atomic E-state index is 11.2. The molecule has 1 aliphatic rings. The molecule has 0 saturated carbocycles. The van der Waals surface area contributed by atoms with Crippen LogP contribution in [0.2, 0.25) is 0 Å². The molecule has 3 heteroatoms. The Morgan fingerprint density at radius 1 is 1.46 bits per heavy atom. The van der Waals surface area contributed by atoms with Crippen molar-refractivity contribution in [3.05, 3.63) is 28.2 Å². The number of amides is 1. The lowest BCUT2D eigenvalue weighted by Crippen LogP contribution is -2.43. The maximum absolute atomic E-state index is 11.2. The molecule has 68 valence electrons. The average molecular weight is 240 g/mol. The number of hydrogen-bond acceptors (Lipinski definition) is 1. The fraction of sp³-hybridized carbons (Fsp3) is 0.300. The van der Waals surface area contributed by atoms with Gasteiger partial charge in [0.05, 0.1) is 5.69 Å². The second-order valence-electron chi connectivity index (χ2n) is 3.25. The number of benzene rings is 1. The van der Waals surface area contributed by atoms with Crippen molar-refractivity contribution in [2.24, 2.45) is 0 Å². The first-order valence-corrected chi connectivity index (χ1v) is 5.04. The van der Waals surface area contributed by atoms with Crippen molar-refractivity contribution in [2.45, 2.75) is 13.3 Å². The average Bonchev–Trinajstić information content (AvgIpc) is 2.07. The molecular weight excluding hydrogens is 230 g/mol. The molecule has 0 N–H and O–H groups in total. The number of nitrogens with zero attached hydrogens (tertiary/aromatic N) is 1. The van der Waals surface area contributed by atoms with Crippen LogP contribution in [0, 0.1) is 6.92 Å². The molecule has 0 atom stereocenters. The largest absolute Gasteiger partial charge is 0.311 e. The SMILES string of the molecule is Cc1ccc(N2CCC2=O)c(Br)c1. The van der Waals surface area contributed by atoms with E-state index in [1.54, 1.807) is 4.90 Å². The number of β-lactam (4-membered cyclic amide) rings is 1. The molecule has 13 heavy (non-hydrogen) atoms. The molecule has 2 rings (SSSR count). The molecule has 1 aromatic carbocycles. The Balaban J connectivity index is 2.35. The van der Waals surface area contributed by atoms with Gasteiger partial charge in [-0.3, -0.25) is 4.79 Å². The zero-order valence-electron chi connectivity index (χ0n) is 7.38. The van der Waals surface area contributed by atoms with Crippen LogP contribution in [0.3, 0.4) is 0 Å². The molecule has 0 unspecified atom stereocenters. The van der Waals surface area contributed by atoms with Crippen molar-refractivity contribution in [2.75, 3.05) is 11.4 Å². The third-order valence-corrected chi connectivity index (χ3v) is 2.88. The van der Waals surface area contributed by atoms with Gasteiger partial charge >= 0.3 is 0 Å². The van der Waals surface area contributed by atoms with Gasteiger partial charge in [-0.25, -0.2) is 0 Å². The van der Waals surface area contributed by atoms with Crippen molar-refractivity contribution < 1.29 is 4.79 Å². The van der Waals surface area contributed by atoms with Crippen LogP contribution in [0.4, 0.5) is 5.69 Å². The highest BCUT2D eigenvalue weighted by Crippen LogP contribution is 2.30. The Morgan fingerprint density at radius 2 is 2.23 bits per heavy atom. The quantitative estimate of drug-likeness (QED) is 0.690. The van der Waals surface area contributed by atoms with Gasteiger partial charge in [-0.1, -0.05) is 6.07 Å². The number of carbonyl (C=O) groups is 1. The minimum absolute atomic E-state index is 0.213. The molecule has 1 aromatic rings. The minimum Gasteiger partial charge on any atom is -0.311 e. The summed E-state index contributed by atoms with van der Waals surface area (Å²) in [5.74, 6) is 0.213. The van der Waals surface area contributed by atoms with Gasteiger partial charge in [0.15, 0.2) is 0 Å². The molecule has 0 aliphatic carbocycles. The van der Waals surface area contributed by atoms with E-state index >= 15 is 0 Å². The highest BCUT2D eigenvalue weighted by molar-refractivity contribution is 9.10. The molecule has 1 amide bonds. The number of hydrogen-bond donors (Lipinski definition) is 0. The number of rotatable bonds is 1. The topological polar surface area (TPSA) is 20.3 Å². The van der Waals surface area contributed by atoms with E-state index in [0.717, 1.165) is 16.7 Å². The van der Waals surface area contributed by atoms with Crippen LogP contribution >= 0.6 is 15.9 Å². The summed E-state index contributed by atoms with van der Waals surface area (Å²) < 4.78 is 1.00. The van der Waals surface area contributed by atoms with Gasteiger partial charge in [-0.05, 0) is 40.5 Å². The Morgan fingerprint density at radius 3 is 2.69 bits per heavy atom. The van der Waals surface area contributed by atoms with E-state index in [1.165, 1.54) is 5.56 Å². The van der Waals surface area contributed by atoms with Crippen LogP contribution < -0.4 is 4.90 Å². The lowest BCUT2D eigenvalue weighted by molar-refractivity contribution is -0.122. The van der Waals surface area contributed by atoms with Crippen molar-refractivity contribution >= 4 is 27.5 Å². The van der Waals surface area contributed by atoms with Crippen molar-refractivity contribution in [3.63, 3.8) is 0 Å². The summed E-state index contributed by atoms with van der Waals surface area (Å²) >= 11 is 3.46. The van der Waals surface area contributed by atoms with Gasteiger partial charge in [-0.15, -0.1) is 0 Å². The zero-order chi connectivity index (χ0) is 9.42. The smallest absolute Gasteiger partial charge is 0.228 e. The van der Waals surface area contributed by atoms with Gasteiger partial charge in [0.1, 0.15) is 0 Å². The zero-order valence-corrected chi connectivity index (χ0v) is 8.97. The summed E-state index contributed by atoms with van der Waals surface area (Å²) in [4.78, 5) is 13.0. The predicted octanol–water partition coefficient (Wildman–Crippen LogP) is 2.49. The fourth-order valence-electron chi connectivity index (χ4n) is 1.40. The Labute approximate surface area is 85.7 Å². The lowest BCUT2D eigenvalue weighted by atomic mass is 10.1. The third-order valence-electron chi connectivity index (χ3n) is 2.24. The Hall–Kier alpha value is -0.830. The van der Waals surface area contributed by atoms with Crippen LogP contribution in [-0.4, -0.2) is 12.5 Å². The summed E-state index contributed by atoms with van der Waals surface area (Å²) in [5, 5.41) is 0. The second-order valence-corrected chi connectivity index (χ2v) is 4.10. The van der Waals surface area contributed by atoms with Crippen molar-refractivity contribution in [3.8, 4) is 0 Å². The fourth-order valence-corrected chi connectivity index (χ4v) is 2.11. The first-order valence-electron chi connectivity index (χ1n) is 4.25. The highest BCUT2D eigenvalue weighted by Gasteiger charge is 2.26. The van der Waals surface area contributed by atoms with E-state index in [1.807, 2.05) is 25.1 Å². The number of halogens is 1. The first kappa shape index (κ1) is 8.75. The highest BCUT2D eigenvalue weighted by atomic mass is 79.9. The monoisotopic (exact) mass is 239 g/mol. The maximum Gasteiger partial charge on any atom is 0.228 e. The normalized spacial score (nSPS) is 15.8. The van der Waals surface area contributed by atoms with Crippen LogP contribution in [0.5, 0.6) is 0 Å². The van der Waals surface area contributed by atoms with E-state index < -0.39 is 0 Å². The number of anilines is 1. The van der Waals surface area contributed by atoms with Crippen LogP contribution in [0.25, 0.3) is 0 Å².